The Balaban J connectivity index is 3.33. The molecule has 0 aliphatic heterocycles. The van der Waals surface area contributed by atoms with Crippen molar-refractivity contribution in [1.82, 2.24) is 0 Å². The van der Waals surface area contributed by atoms with E-state index in [1.54, 1.807) is 0 Å². The van der Waals surface area contributed by atoms with E-state index < -0.39 is 10.8 Å². The molecule has 3 nitrogen and oxygen atoms in total. The van der Waals surface area contributed by atoms with E-state index in [-0.39, 0.29) is 0 Å². The van der Waals surface area contributed by atoms with Gasteiger partial charge in [0.15, 0.2) is 0 Å². The highest BCUT2D eigenvalue weighted by atomic mass is 35.5. The first-order chi connectivity index (χ1) is 3.68. The van der Waals surface area contributed by atoms with Crippen molar-refractivity contribution in [1.29, 1.82) is 0 Å². The van der Waals surface area contributed by atoms with Crippen LogP contribution in [0.5, 0.6) is 0 Å². The van der Waals surface area contributed by atoms with Gasteiger partial charge in [-0.2, -0.15) is 0 Å². The first-order valence-electron chi connectivity index (χ1n) is 1.45. The number of alkyl halides is 2. The zero-order valence-electron chi connectivity index (χ0n) is 3.44. The molecule has 6 heteroatoms. The van der Waals surface area contributed by atoms with Crippen LogP contribution in [-0.4, -0.2) is 10.8 Å². The molecule has 0 N–H and O–H groups in total. The number of hydrogen-bond acceptors (Lipinski definition) is 3. The number of hydrogen-bond donors (Lipinski definition) is 0. The molecule has 0 heterocycles. The van der Waals surface area contributed by atoms with Crippen LogP contribution in [0.2, 0.25) is 0 Å². The van der Waals surface area contributed by atoms with E-state index in [9.17, 15) is 4.79 Å². The van der Waals surface area contributed by atoms with E-state index in [0.29, 0.717) is 0 Å². The summed E-state index contributed by atoms with van der Waals surface area (Å²) < 4.78 is 3.42. The topological polar surface area (TPSA) is 35.5 Å². The Labute approximate surface area is 60.5 Å². The summed E-state index contributed by atoms with van der Waals surface area (Å²) >= 11 is 14.4. The van der Waals surface area contributed by atoms with Gasteiger partial charge in [-0.3, -0.25) is 4.89 Å². The molecule has 48 valence electrons. The van der Waals surface area contributed by atoms with Crippen LogP contribution in [0.1, 0.15) is 0 Å². The van der Waals surface area contributed by atoms with Gasteiger partial charge in [-0.15, -0.1) is 0 Å². The van der Waals surface area contributed by atoms with Gasteiger partial charge in [0.25, 0.3) is 0 Å². The minimum atomic E-state index is -1.26. The van der Waals surface area contributed by atoms with Crippen molar-refractivity contribution < 1.29 is 14.1 Å². The zero-order chi connectivity index (χ0) is 6.57. The predicted octanol–water partition coefficient (Wildman–Crippen LogP) is 1.42. The molecule has 0 bridgehead atoms. The lowest BCUT2D eigenvalue weighted by atomic mass is 10.8. The van der Waals surface area contributed by atoms with Crippen LogP contribution >= 0.6 is 35.1 Å². The van der Waals surface area contributed by atoms with Gasteiger partial charge >= 0.3 is 5.97 Å². The van der Waals surface area contributed by atoms with E-state index in [1.165, 1.54) is 0 Å². The molecule has 0 fully saturated rings. The Morgan fingerprint density at radius 1 is 1.50 bits per heavy atom. The third-order valence-corrected chi connectivity index (χ3v) is 0.711. The van der Waals surface area contributed by atoms with Crippen molar-refractivity contribution in [3.8, 4) is 0 Å². The molecule has 0 aromatic carbocycles. The van der Waals surface area contributed by atoms with E-state index in [0.717, 1.165) is 0 Å². The molecule has 0 amide bonds. The summed E-state index contributed by atoms with van der Waals surface area (Å²) in [4.78, 5) is 12.5. The molecule has 0 aliphatic rings. The molecule has 0 aliphatic carbocycles. The molecular weight excluding hydrogens is 178 g/mol. The lowest BCUT2D eigenvalue weighted by molar-refractivity contribution is -0.209. The Morgan fingerprint density at radius 3 is 2.12 bits per heavy atom. The van der Waals surface area contributed by atoms with Gasteiger partial charge in [0.1, 0.15) is 11.9 Å². The Hall–Kier alpha value is 0.300. The molecule has 8 heavy (non-hydrogen) atoms. The van der Waals surface area contributed by atoms with Crippen LogP contribution in [0.15, 0.2) is 0 Å². The van der Waals surface area contributed by atoms with Gasteiger partial charge in [-0.25, -0.2) is 4.79 Å². The number of carbonyl (C=O) groups is 1. The Bertz CT molecular complexity index is 82.6. The third-order valence-electron chi connectivity index (χ3n) is 0.292. The second kappa shape index (κ2) is 4.21. The maximum absolute atomic E-state index is 10.0. The molecule has 0 spiro atoms. The summed E-state index contributed by atoms with van der Waals surface area (Å²) in [6.45, 7) is 0. The highest BCUT2D eigenvalue weighted by Crippen LogP contribution is 2.03. The minimum absolute atomic E-state index is 0.941. The van der Waals surface area contributed by atoms with E-state index in [2.05, 4.69) is 21.2 Å². The van der Waals surface area contributed by atoms with Gasteiger partial charge in [0.2, 0.25) is 4.84 Å². The number of rotatable bonds is 2. The van der Waals surface area contributed by atoms with Crippen LogP contribution in [0.4, 0.5) is 0 Å². The molecule has 0 radical (unpaired) electrons. The largest absolute Gasteiger partial charge is 0.376 e. The standard InChI is InChI=1S/C2HCl3O3/c3-1(4)2(6)7-8-5/h1H. The third kappa shape index (κ3) is 3.32. The first kappa shape index (κ1) is 8.30. The van der Waals surface area contributed by atoms with Gasteiger partial charge in [0, 0.05) is 0 Å². The van der Waals surface area contributed by atoms with Gasteiger partial charge in [0.05, 0.1) is 0 Å². The van der Waals surface area contributed by atoms with Crippen LogP contribution in [0, 0.1) is 0 Å². The maximum Gasteiger partial charge on any atom is 0.376 e. The summed E-state index contributed by atoms with van der Waals surface area (Å²) in [7, 11) is 0. The van der Waals surface area contributed by atoms with Crippen molar-refractivity contribution >= 4 is 41.0 Å². The zero-order valence-corrected chi connectivity index (χ0v) is 5.70. The minimum Gasteiger partial charge on any atom is -0.277 e. The van der Waals surface area contributed by atoms with Crippen LogP contribution in [-0.2, 0) is 14.1 Å². The van der Waals surface area contributed by atoms with E-state index >= 15 is 0 Å². The molecule has 0 unspecified atom stereocenters. The van der Waals surface area contributed by atoms with E-state index in [1.807, 2.05) is 0 Å². The smallest absolute Gasteiger partial charge is 0.277 e. The molecule has 0 aromatic heterocycles. The predicted molar refractivity (Wildman–Crippen MR) is 28.5 cm³/mol. The molecular formula is C2HCl3O3. The summed E-state index contributed by atoms with van der Waals surface area (Å²) in [5, 5.41) is 0. The van der Waals surface area contributed by atoms with Crippen molar-refractivity contribution in [2.24, 2.45) is 0 Å². The summed E-state index contributed by atoms with van der Waals surface area (Å²) in [5.74, 6) is -0.941. The number of halogens is 3. The summed E-state index contributed by atoms with van der Waals surface area (Å²) in [5.41, 5.74) is 0. The Morgan fingerprint density at radius 2 is 2.00 bits per heavy atom. The van der Waals surface area contributed by atoms with Crippen LogP contribution in [0.3, 0.4) is 0 Å². The monoisotopic (exact) mass is 178 g/mol. The molecule has 0 aromatic rings. The van der Waals surface area contributed by atoms with E-state index in [4.69, 9.17) is 23.2 Å². The Kier molecular flexibility index (Phi) is 4.36. The second-order valence-corrected chi connectivity index (χ2v) is 1.99. The average Bonchev–Trinajstić information content (AvgIpc) is 1.67. The first-order valence-corrected chi connectivity index (χ1v) is 2.64. The van der Waals surface area contributed by atoms with Crippen molar-refractivity contribution in [2.45, 2.75) is 4.84 Å². The fourth-order valence-corrected chi connectivity index (χ4v) is 0.202. The quantitative estimate of drug-likeness (QED) is 0.365. The number of carbonyl (C=O) groups excluding carboxylic acids is 1. The maximum atomic E-state index is 10.0. The lowest BCUT2D eigenvalue weighted by Crippen LogP contribution is -2.09. The second-order valence-electron chi connectivity index (χ2n) is 0.766. The SMILES string of the molecule is O=C(OOCl)C(Cl)Cl. The molecule has 0 rings (SSSR count). The molecule has 0 saturated heterocycles. The highest BCUT2D eigenvalue weighted by Gasteiger charge is 2.13. The summed E-state index contributed by atoms with van der Waals surface area (Å²) in [6, 6.07) is 0. The fraction of sp³-hybridized carbons (Fsp3) is 0.500. The van der Waals surface area contributed by atoms with Gasteiger partial charge < -0.3 is 0 Å². The van der Waals surface area contributed by atoms with Crippen molar-refractivity contribution in [3.05, 3.63) is 0 Å². The van der Waals surface area contributed by atoms with Crippen LogP contribution in [0.25, 0.3) is 0 Å². The van der Waals surface area contributed by atoms with Crippen LogP contribution < -0.4 is 0 Å². The van der Waals surface area contributed by atoms with Crippen molar-refractivity contribution in [3.63, 3.8) is 0 Å². The average molecular weight is 179 g/mol. The fourth-order valence-electron chi connectivity index (χ4n) is 0.0674. The molecule has 0 atom stereocenters. The van der Waals surface area contributed by atoms with Gasteiger partial charge in [-0.1, -0.05) is 27.6 Å². The normalized spacial score (nSPS) is 9.50. The molecule has 0 saturated carbocycles. The highest BCUT2D eigenvalue weighted by molar-refractivity contribution is 6.52. The van der Waals surface area contributed by atoms with Gasteiger partial charge in [-0.05, 0) is 0 Å². The van der Waals surface area contributed by atoms with Crippen molar-refractivity contribution in [2.75, 3.05) is 0 Å². The summed E-state index contributed by atoms with van der Waals surface area (Å²) in [6.07, 6.45) is 0. The lowest BCUT2D eigenvalue weighted by Gasteiger charge is -1.93.